The van der Waals surface area contributed by atoms with E-state index in [9.17, 15) is 19.7 Å². The minimum Gasteiger partial charge on any atom is -0.480 e. The summed E-state index contributed by atoms with van der Waals surface area (Å²) in [7, 11) is 0. The number of nitro groups is 1. The molecule has 1 amide bonds. The summed E-state index contributed by atoms with van der Waals surface area (Å²) in [5.41, 5.74) is 0.563. The number of rotatable bonds is 6. The minimum atomic E-state index is -1.07. The number of amides is 1. The van der Waals surface area contributed by atoms with Crippen molar-refractivity contribution in [3.8, 4) is 0 Å². The molecule has 0 spiro atoms. The maximum Gasteiger partial charge on any atom is 0.323 e. The Kier molecular flexibility index (Phi) is 4.99. The summed E-state index contributed by atoms with van der Waals surface area (Å²) in [6, 6.07) is 5.61. The molecule has 1 aromatic carbocycles. The molecule has 0 radical (unpaired) electrons. The minimum absolute atomic E-state index is 0.0269. The van der Waals surface area contributed by atoms with E-state index in [2.05, 4.69) is 0 Å². The van der Waals surface area contributed by atoms with Crippen LogP contribution in [0.25, 0.3) is 0 Å². The summed E-state index contributed by atoms with van der Waals surface area (Å²) in [5, 5.41) is 19.1. The van der Waals surface area contributed by atoms with Crippen molar-refractivity contribution in [1.82, 2.24) is 4.90 Å². The van der Waals surface area contributed by atoms with Gasteiger partial charge in [-0.1, -0.05) is 12.1 Å². The van der Waals surface area contributed by atoms with Gasteiger partial charge < -0.3 is 10.0 Å². The van der Waals surface area contributed by atoms with E-state index in [4.69, 9.17) is 5.11 Å². The van der Waals surface area contributed by atoms with Crippen LogP contribution >= 0.6 is 0 Å². The number of nitrogens with zero attached hydrogens (tertiary/aromatic N) is 2. The maximum atomic E-state index is 11.8. The third-order valence-electron chi connectivity index (χ3n) is 2.56. The van der Waals surface area contributed by atoms with Crippen molar-refractivity contribution >= 4 is 17.6 Å². The molecule has 7 heteroatoms. The van der Waals surface area contributed by atoms with Gasteiger partial charge in [0.2, 0.25) is 5.91 Å². The summed E-state index contributed by atoms with van der Waals surface area (Å²) < 4.78 is 0. The molecule has 0 saturated carbocycles. The summed E-state index contributed by atoms with van der Waals surface area (Å²) in [6.45, 7) is 1.65. The van der Waals surface area contributed by atoms with Gasteiger partial charge in [-0.25, -0.2) is 0 Å². The molecule has 0 fully saturated rings. The number of likely N-dealkylation sites (N-methyl/N-ethyl adjacent to an activating group) is 1. The fourth-order valence-corrected chi connectivity index (χ4v) is 1.56. The Labute approximate surface area is 109 Å². The molecule has 0 bridgehead atoms. The summed E-state index contributed by atoms with van der Waals surface area (Å²) in [4.78, 5) is 33.6. The van der Waals surface area contributed by atoms with Gasteiger partial charge in [0.25, 0.3) is 5.69 Å². The van der Waals surface area contributed by atoms with Gasteiger partial charge >= 0.3 is 5.97 Å². The lowest BCUT2D eigenvalue weighted by Gasteiger charge is -2.18. The number of hydrogen-bond acceptors (Lipinski definition) is 4. The topological polar surface area (TPSA) is 101 Å². The number of non-ortho nitro benzene ring substituents is 1. The van der Waals surface area contributed by atoms with Crippen LogP contribution in [0.5, 0.6) is 0 Å². The van der Waals surface area contributed by atoms with Gasteiger partial charge in [0.1, 0.15) is 6.54 Å². The highest BCUT2D eigenvalue weighted by molar-refractivity contribution is 5.83. The first-order chi connectivity index (χ1) is 8.93. The number of carbonyl (C=O) groups excluding carboxylic acids is 1. The number of carbonyl (C=O) groups is 2. The molecule has 1 N–H and O–H groups in total. The van der Waals surface area contributed by atoms with Gasteiger partial charge in [0, 0.05) is 18.7 Å². The van der Waals surface area contributed by atoms with Crippen molar-refractivity contribution in [2.75, 3.05) is 13.1 Å². The average molecular weight is 266 g/mol. The van der Waals surface area contributed by atoms with E-state index < -0.39 is 10.9 Å². The Morgan fingerprint density at radius 2 is 1.89 bits per heavy atom. The number of aliphatic carboxylic acids is 1. The predicted molar refractivity (Wildman–Crippen MR) is 66.7 cm³/mol. The first-order valence-electron chi connectivity index (χ1n) is 5.67. The smallest absolute Gasteiger partial charge is 0.323 e. The second kappa shape index (κ2) is 6.48. The number of hydrogen-bond donors (Lipinski definition) is 1. The second-order valence-corrected chi connectivity index (χ2v) is 3.90. The van der Waals surface area contributed by atoms with Crippen LogP contribution < -0.4 is 0 Å². The van der Waals surface area contributed by atoms with Crippen LogP contribution in [-0.4, -0.2) is 39.9 Å². The molecule has 0 heterocycles. The summed E-state index contributed by atoms with van der Waals surface area (Å²) in [6.07, 6.45) is 0.0269. The molecule has 1 aromatic rings. The lowest BCUT2D eigenvalue weighted by Crippen LogP contribution is -2.36. The first kappa shape index (κ1) is 14.6. The zero-order chi connectivity index (χ0) is 14.4. The van der Waals surface area contributed by atoms with Gasteiger partial charge in [0.15, 0.2) is 0 Å². The van der Waals surface area contributed by atoms with Crippen LogP contribution in [0, 0.1) is 10.1 Å². The van der Waals surface area contributed by atoms with Crippen molar-refractivity contribution in [3.63, 3.8) is 0 Å². The van der Waals surface area contributed by atoms with Crippen molar-refractivity contribution in [1.29, 1.82) is 0 Å². The largest absolute Gasteiger partial charge is 0.480 e. The highest BCUT2D eigenvalue weighted by atomic mass is 16.6. The quantitative estimate of drug-likeness (QED) is 0.613. The highest BCUT2D eigenvalue weighted by Gasteiger charge is 2.15. The molecule has 0 aliphatic carbocycles. The van der Waals surface area contributed by atoms with E-state index in [-0.39, 0.29) is 24.6 Å². The van der Waals surface area contributed by atoms with E-state index in [1.54, 1.807) is 6.92 Å². The van der Waals surface area contributed by atoms with Crippen molar-refractivity contribution in [2.24, 2.45) is 0 Å². The lowest BCUT2D eigenvalue weighted by atomic mass is 10.1. The third kappa shape index (κ3) is 4.38. The van der Waals surface area contributed by atoms with Gasteiger partial charge in [-0.3, -0.25) is 19.7 Å². The fourth-order valence-electron chi connectivity index (χ4n) is 1.56. The molecule has 0 aromatic heterocycles. The number of benzene rings is 1. The van der Waals surface area contributed by atoms with Crippen LogP contribution in [0.2, 0.25) is 0 Å². The number of carboxylic acids is 1. The van der Waals surface area contributed by atoms with E-state index >= 15 is 0 Å². The molecular formula is C12H14N2O5. The Balaban J connectivity index is 2.70. The molecule has 0 unspecified atom stereocenters. The molecule has 0 aliphatic heterocycles. The molecule has 19 heavy (non-hydrogen) atoms. The molecular weight excluding hydrogens is 252 g/mol. The molecule has 1 rings (SSSR count). The number of nitro benzene ring substituents is 1. The van der Waals surface area contributed by atoms with Gasteiger partial charge in [-0.2, -0.15) is 0 Å². The number of carboxylic acid groups (broad SMARTS) is 1. The van der Waals surface area contributed by atoms with Crippen LogP contribution in [-0.2, 0) is 16.0 Å². The first-order valence-corrected chi connectivity index (χ1v) is 5.67. The molecule has 0 atom stereocenters. The summed E-state index contributed by atoms with van der Waals surface area (Å²) >= 11 is 0. The SMILES string of the molecule is CCN(CC(=O)O)C(=O)Cc1ccc([N+](=O)[O-])cc1. The van der Waals surface area contributed by atoms with Crippen molar-refractivity contribution < 1.29 is 19.6 Å². The average Bonchev–Trinajstić information content (AvgIpc) is 2.36. The van der Waals surface area contributed by atoms with Gasteiger partial charge in [-0.05, 0) is 12.5 Å². The maximum absolute atomic E-state index is 11.8. The monoisotopic (exact) mass is 266 g/mol. The molecule has 0 aliphatic rings. The Hall–Kier alpha value is -2.44. The normalized spacial score (nSPS) is 9.95. The zero-order valence-electron chi connectivity index (χ0n) is 10.4. The Bertz CT molecular complexity index is 483. The molecule has 102 valence electrons. The van der Waals surface area contributed by atoms with Gasteiger partial charge in [0.05, 0.1) is 11.3 Å². The highest BCUT2D eigenvalue weighted by Crippen LogP contribution is 2.12. The Morgan fingerprint density at radius 1 is 1.32 bits per heavy atom. The van der Waals surface area contributed by atoms with E-state index in [0.717, 1.165) is 0 Å². The third-order valence-corrected chi connectivity index (χ3v) is 2.56. The van der Waals surface area contributed by atoms with Gasteiger partial charge in [-0.15, -0.1) is 0 Å². The fraction of sp³-hybridized carbons (Fsp3) is 0.333. The van der Waals surface area contributed by atoms with Crippen LogP contribution in [0.1, 0.15) is 12.5 Å². The Morgan fingerprint density at radius 3 is 2.32 bits per heavy atom. The summed E-state index contributed by atoms with van der Waals surface area (Å²) in [5.74, 6) is -1.39. The van der Waals surface area contributed by atoms with Crippen molar-refractivity contribution in [3.05, 3.63) is 39.9 Å². The van der Waals surface area contributed by atoms with E-state index in [0.29, 0.717) is 12.1 Å². The zero-order valence-corrected chi connectivity index (χ0v) is 10.4. The molecule has 0 saturated heterocycles. The lowest BCUT2D eigenvalue weighted by molar-refractivity contribution is -0.384. The van der Waals surface area contributed by atoms with Crippen molar-refractivity contribution in [2.45, 2.75) is 13.3 Å². The van der Waals surface area contributed by atoms with Crippen LogP contribution in [0.3, 0.4) is 0 Å². The van der Waals surface area contributed by atoms with E-state index in [1.165, 1.54) is 29.2 Å². The molecule has 7 nitrogen and oxygen atoms in total. The van der Waals surface area contributed by atoms with Crippen LogP contribution in [0.15, 0.2) is 24.3 Å². The predicted octanol–water partition coefficient (Wildman–Crippen LogP) is 1.07. The van der Waals surface area contributed by atoms with E-state index in [1.807, 2.05) is 0 Å². The standard InChI is InChI=1S/C12H14N2O5/c1-2-13(8-12(16)17)11(15)7-9-3-5-10(6-4-9)14(18)19/h3-6H,2,7-8H2,1H3,(H,16,17). The second-order valence-electron chi connectivity index (χ2n) is 3.90. The van der Waals surface area contributed by atoms with Crippen LogP contribution in [0.4, 0.5) is 5.69 Å².